The normalized spacial score (nSPS) is 26.6. The first-order valence-electron chi connectivity index (χ1n) is 7.49. The Hall–Kier alpha value is -1.51. The molecular weight excluding hydrogens is 250 g/mol. The number of rotatable bonds is 3. The fraction of sp³-hybridized carbons (Fsp3) is 0.588. The highest BCUT2D eigenvalue weighted by molar-refractivity contribution is 5.84. The lowest BCUT2D eigenvalue weighted by atomic mass is 9.89. The molecule has 1 saturated carbocycles. The monoisotopic (exact) mass is 275 g/mol. The van der Waals surface area contributed by atoms with E-state index in [0.29, 0.717) is 5.92 Å². The Labute approximate surface area is 121 Å². The summed E-state index contributed by atoms with van der Waals surface area (Å²) in [4.78, 5) is 12.3. The van der Waals surface area contributed by atoms with E-state index in [1.54, 1.807) is 0 Å². The summed E-state index contributed by atoms with van der Waals surface area (Å²) in [6.45, 7) is 4.33. The van der Waals surface area contributed by atoms with E-state index in [1.807, 2.05) is 12.1 Å². The molecule has 110 valence electrons. The van der Waals surface area contributed by atoms with E-state index in [0.717, 1.165) is 31.4 Å². The van der Waals surface area contributed by atoms with Crippen LogP contribution < -0.4 is 5.32 Å². The molecule has 1 aliphatic rings. The number of carbonyl (C=O) groups excluding carboxylic acids is 1. The van der Waals surface area contributed by atoms with Crippen LogP contribution in [0.25, 0.3) is 0 Å². The Morgan fingerprint density at radius 2 is 1.95 bits per heavy atom. The number of hydrogen-bond donors (Lipinski definition) is 1. The Bertz CT molecular complexity index is 455. The molecule has 0 saturated heterocycles. The highest BCUT2D eigenvalue weighted by atomic mass is 16.5. The van der Waals surface area contributed by atoms with Crippen LogP contribution in [-0.2, 0) is 9.53 Å². The maximum Gasteiger partial charge on any atom is 0.331 e. The van der Waals surface area contributed by atoms with Crippen molar-refractivity contribution >= 4 is 11.7 Å². The van der Waals surface area contributed by atoms with Gasteiger partial charge in [-0.2, -0.15) is 0 Å². The zero-order chi connectivity index (χ0) is 14.6. The second-order valence-electron chi connectivity index (χ2n) is 6.10. The van der Waals surface area contributed by atoms with Crippen molar-refractivity contribution in [1.82, 2.24) is 0 Å². The van der Waals surface area contributed by atoms with E-state index in [2.05, 4.69) is 31.3 Å². The van der Waals surface area contributed by atoms with Crippen LogP contribution >= 0.6 is 0 Å². The molecule has 3 nitrogen and oxygen atoms in total. The SMILES string of the molecule is COC(=O)C1(Nc2ccc(C)cc2)CCCC(C)CC1. The number of anilines is 1. The molecule has 2 unspecified atom stereocenters. The van der Waals surface area contributed by atoms with Gasteiger partial charge in [0.25, 0.3) is 0 Å². The number of nitrogens with one attached hydrogen (secondary N) is 1. The predicted molar refractivity (Wildman–Crippen MR) is 81.8 cm³/mol. The Kier molecular flexibility index (Phi) is 4.69. The van der Waals surface area contributed by atoms with Crippen LogP contribution in [0.15, 0.2) is 24.3 Å². The van der Waals surface area contributed by atoms with Gasteiger partial charge >= 0.3 is 5.97 Å². The van der Waals surface area contributed by atoms with Gasteiger partial charge in [0.2, 0.25) is 0 Å². The van der Waals surface area contributed by atoms with Crippen molar-refractivity contribution in [2.24, 2.45) is 5.92 Å². The van der Waals surface area contributed by atoms with Gasteiger partial charge in [-0.25, -0.2) is 4.79 Å². The molecule has 2 atom stereocenters. The summed E-state index contributed by atoms with van der Waals surface area (Å²) in [5.74, 6) is 0.550. The van der Waals surface area contributed by atoms with Gasteiger partial charge in [-0.1, -0.05) is 37.5 Å². The van der Waals surface area contributed by atoms with Crippen LogP contribution in [-0.4, -0.2) is 18.6 Å². The van der Waals surface area contributed by atoms with Crippen LogP contribution in [0, 0.1) is 12.8 Å². The van der Waals surface area contributed by atoms with Crippen molar-refractivity contribution in [3.05, 3.63) is 29.8 Å². The van der Waals surface area contributed by atoms with Crippen LogP contribution in [0.5, 0.6) is 0 Å². The van der Waals surface area contributed by atoms with E-state index in [4.69, 9.17) is 4.74 Å². The molecule has 0 amide bonds. The molecule has 3 heteroatoms. The standard InChI is InChI=1S/C17H25NO2/c1-13-5-4-11-17(12-10-13,16(19)20-3)18-15-8-6-14(2)7-9-15/h6-9,13,18H,4-5,10-12H2,1-3H3. The molecular formula is C17H25NO2. The summed E-state index contributed by atoms with van der Waals surface area (Å²) < 4.78 is 5.08. The fourth-order valence-electron chi connectivity index (χ4n) is 3.00. The number of esters is 1. The minimum absolute atomic E-state index is 0.132. The molecule has 0 spiro atoms. The van der Waals surface area contributed by atoms with E-state index in [1.165, 1.54) is 19.1 Å². The van der Waals surface area contributed by atoms with Gasteiger partial charge in [0.1, 0.15) is 5.54 Å². The lowest BCUT2D eigenvalue weighted by molar-refractivity contribution is -0.146. The molecule has 0 heterocycles. The lowest BCUT2D eigenvalue weighted by Crippen LogP contribution is -2.46. The topological polar surface area (TPSA) is 38.3 Å². The van der Waals surface area contributed by atoms with Crippen molar-refractivity contribution in [3.8, 4) is 0 Å². The summed E-state index contributed by atoms with van der Waals surface area (Å²) in [5.41, 5.74) is 1.65. The highest BCUT2D eigenvalue weighted by Crippen LogP contribution is 2.34. The second kappa shape index (κ2) is 6.29. The molecule has 0 aliphatic heterocycles. The summed E-state index contributed by atoms with van der Waals surface area (Å²) in [7, 11) is 1.48. The summed E-state index contributed by atoms with van der Waals surface area (Å²) in [6, 6.07) is 8.20. The number of carbonyl (C=O) groups is 1. The Morgan fingerprint density at radius 1 is 1.25 bits per heavy atom. The summed E-state index contributed by atoms with van der Waals surface area (Å²) in [5, 5.41) is 3.46. The number of hydrogen-bond acceptors (Lipinski definition) is 3. The molecule has 1 aromatic rings. The van der Waals surface area contributed by atoms with Crippen molar-refractivity contribution in [2.45, 2.75) is 51.5 Å². The molecule has 1 N–H and O–H groups in total. The Balaban J connectivity index is 2.22. The van der Waals surface area contributed by atoms with Crippen molar-refractivity contribution in [1.29, 1.82) is 0 Å². The first-order valence-corrected chi connectivity index (χ1v) is 7.49. The molecule has 1 aromatic carbocycles. The van der Waals surface area contributed by atoms with Crippen LogP contribution in [0.4, 0.5) is 5.69 Å². The van der Waals surface area contributed by atoms with E-state index in [9.17, 15) is 4.79 Å². The second-order valence-corrected chi connectivity index (χ2v) is 6.10. The van der Waals surface area contributed by atoms with Crippen molar-refractivity contribution in [2.75, 3.05) is 12.4 Å². The maximum atomic E-state index is 12.3. The third-order valence-corrected chi connectivity index (χ3v) is 4.38. The molecule has 0 radical (unpaired) electrons. The van der Waals surface area contributed by atoms with E-state index in [-0.39, 0.29) is 5.97 Å². The third kappa shape index (κ3) is 3.33. The number of aryl methyl sites for hydroxylation is 1. The van der Waals surface area contributed by atoms with E-state index < -0.39 is 5.54 Å². The van der Waals surface area contributed by atoms with Crippen molar-refractivity contribution < 1.29 is 9.53 Å². The zero-order valence-corrected chi connectivity index (χ0v) is 12.7. The van der Waals surface area contributed by atoms with Gasteiger partial charge in [0.15, 0.2) is 0 Å². The van der Waals surface area contributed by atoms with Crippen molar-refractivity contribution in [3.63, 3.8) is 0 Å². The zero-order valence-electron chi connectivity index (χ0n) is 12.7. The summed E-state index contributed by atoms with van der Waals surface area (Å²) in [6.07, 6.45) is 5.00. The quantitative estimate of drug-likeness (QED) is 0.671. The van der Waals surface area contributed by atoms with Gasteiger partial charge in [-0.15, -0.1) is 0 Å². The van der Waals surface area contributed by atoms with Crippen LogP contribution in [0.3, 0.4) is 0 Å². The average Bonchev–Trinajstić information content (AvgIpc) is 2.64. The average molecular weight is 275 g/mol. The predicted octanol–water partition coefficient (Wildman–Crippen LogP) is 3.92. The third-order valence-electron chi connectivity index (χ3n) is 4.38. The minimum Gasteiger partial charge on any atom is -0.467 e. The van der Waals surface area contributed by atoms with Gasteiger partial charge in [0.05, 0.1) is 7.11 Å². The van der Waals surface area contributed by atoms with Crippen LogP contribution in [0.2, 0.25) is 0 Å². The molecule has 1 aliphatic carbocycles. The number of ether oxygens (including phenoxy) is 1. The van der Waals surface area contributed by atoms with Gasteiger partial charge < -0.3 is 10.1 Å². The van der Waals surface area contributed by atoms with Gasteiger partial charge in [-0.3, -0.25) is 0 Å². The first kappa shape index (κ1) is 14.9. The smallest absolute Gasteiger partial charge is 0.331 e. The highest BCUT2D eigenvalue weighted by Gasteiger charge is 2.40. The fourth-order valence-corrected chi connectivity index (χ4v) is 3.00. The molecule has 0 aromatic heterocycles. The first-order chi connectivity index (χ1) is 9.55. The summed E-state index contributed by atoms with van der Waals surface area (Å²) >= 11 is 0. The molecule has 20 heavy (non-hydrogen) atoms. The van der Waals surface area contributed by atoms with Crippen LogP contribution in [0.1, 0.15) is 44.6 Å². The van der Waals surface area contributed by atoms with Gasteiger partial charge in [0, 0.05) is 5.69 Å². The van der Waals surface area contributed by atoms with E-state index >= 15 is 0 Å². The van der Waals surface area contributed by atoms with Gasteiger partial charge in [-0.05, 0) is 44.2 Å². The molecule has 1 fully saturated rings. The number of benzene rings is 1. The lowest BCUT2D eigenvalue weighted by Gasteiger charge is -2.32. The molecule has 2 rings (SSSR count). The largest absolute Gasteiger partial charge is 0.467 e. The number of methoxy groups -OCH3 is 1. The maximum absolute atomic E-state index is 12.3. The molecule has 0 bridgehead atoms. The minimum atomic E-state index is -0.561. The Morgan fingerprint density at radius 3 is 2.60 bits per heavy atom.